The molecule has 3 unspecified atom stereocenters. The summed E-state index contributed by atoms with van der Waals surface area (Å²) in [5, 5.41) is 2.65. The summed E-state index contributed by atoms with van der Waals surface area (Å²) in [5.74, 6) is -1.58. The molecule has 0 aromatic rings. The standard InChI is InChI=1S/C12H18F2N2O/c13-12(14)4-10(15-7-12)11(17)16-5-8-2-1-3-9(8)6-16/h8-10,15H,1-7H2. The number of carbonyl (C=O) groups is 1. The second kappa shape index (κ2) is 3.90. The molecule has 3 rings (SSSR count). The third-order valence-corrected chi connectivity index (χ3v) is 4.45. The predicted octanol–water partition coefficient (Wildman–Crippen LogP) is 1.24. The lowest BCUT2D eigenvalue weighted by atomic mass is 10.0. The first-order chi connectivity index (χ1) is 8.05. The van der Waals surface area contributed by atoms with Gasteiger partial charge in [-0.15, -0.1) is 0 Å². The van der Waals surface area contributed by atoms with Crippen LogP contribution in [0.4, 0.5) is 8.78 Å². The summed E-state index contributed by atoms with van der Waals surface area (Å²) in [7, 11) is 0. The van der Waals surface area contributed by atoms with Crippen molar-refractivity contribution in [1.82, 2.24) is 10.2 Å². The molecule has 2 saturated heterocycles. The third kappa shape index (κ3) is 2.05. The molecule has 1 aliphatic carbocycles. The molecule has 0 aromatic heterocycles. The first kappa shape index (κ1) is 11.4. The Hall–Kier alpha value is -0.710. The Labute approximate surface area is 99.5 Å². The number of rotatable bonds is 1. The van der Waals surface area contributed by atoms with E-state index >= 15 is 0 Å². The lowest BCUT2D eigenvalue weighted by Crippen LogP contribution is -2.42. The first-order valence-electron chi connectivity index (χ1n) is 6.45. The van der Waals surface area contributed by atoms with Crippen molar-refractivity contribution in [3.63, 3.8) is 0 Å². The minimum Gasteiger partial charge on any atom is -0.341 e. The van der Waals surface area contributed by atoms with E-state index in [-0.39, 0.29) is 18.9 Å². The highest BCUT2D eigenvalue weighted by atomic mass is 19.3. The SMILES string of the molecule is O=C(C1CC(F)(F)CN1)N1CC2CCCC2C1. The molecule has 17 heavy (non-hydrogen) atoms. The van der Waals surface area contributed by atoms with Crippen molar-refractivity contribution in [3.8, 4) is 0 Å². The van der Waals surface area contributed by atoms with Crippen molar-refractivity contribution in [3.05, 3.63) is 0 Å². The highest BCUT2D eigenvalue weighted by Crippen LogP contribution is 2.38. The third-order valence-electron chi connectivity index (χ3n) is 4.45. The lowest BCUT2D eigenvalue weighted by molar-refractivity contribution is -0.133. The summed E-state index contributed by atoms with van der Waals surface area (Å²) in [6.45, 7) is 1.21. The minimum atomic E-state index is -2.71. The van der Waals surface area contributed by atoms with Crippen molar-refractivity contribution in [2.24, 2.45) is 11.8 Å². The van der Waals surface area contributed by atoms with Gasteiger partial charge in [0.15, 0.2) is 0 Å². The van der Waals surface area contributed by atoms with Crippen molar-refractivity contribution < 1.29 is 13.6 Å². The molecule has 0 aromatic carbocycles. The number of carbonyl (C=O) groups excluding carboxylic acids is 1. The molecule has 0 bridgehead atoms. The maximum Gasteiger partial charge on any atom is 0.262 e. The summed E-state index contributed by atoms with van der Waals surface area (Å²) in [5.41, 5.74) is 0. The summed E-state index contributed by atoms with van der Waals surface area (Å²) >= 11 is 0. The van der Waals surface area contributed by atoms with E-state index in [4.69, 9.17) is 0 Å². The van der Waals surface area contributed by atoms with E-state index in [0.29, 0.717) is 11.8 Å². The van der Waals surface area contributed by atoms with Crippen LogP contribution in [0.2, 0.25) is 0 Å². The number of halogens is 2. The highest BCUT2D eigenvalue weighted by molar-refractivity contribution is 5.82. The zero-order valence-electron chi connectivity index (χ0n) is 9.79. The number of hydrogen-bond donors (Lipinski definition) is 1. The zero-order valence-corrected chi connectivity index (χ0v) is 9.79. The Morgan fingerprint density at radius 3 is 2.41 bits per heavy atom. The van der Waals surface area contributed by atoms with E-state index in [9.17, 15) is 13.6 Å². The van der Waals surface area contributed by atoms with Gasteiger partial charge in [0, 0.05) is 19.5 Å². The van der Waals surface area contributed by atoms with E-state index in [1.54, 1.807) is 4.90 Å². The highest BCUT2D eigenvalue weighted by Gasteiger charge is 2.46. The summed E-state index contributed by atoms with van der Waals surface area (Å²) in [6.07, 6.45) is 3.32. The number of amides is 1. The maximum atomic E-state index is 13.0. The monoisotopic (exact) mass is 244 g/mol. The lowest BCUT2D eigenvalue weighted by Gasteiger charge is -2.21. The molecule has 96 valence electrons. The molecule has 2 aliphatic heterocycles. The molecule has 5 heteroatoms. The first-order valence-corrected chi connectivity index (χ1v) is 6.45. The minimum absolute atomic E-state index is 0.114. The smallest absolute Gasteiger partial charge is 0.262 e. The summed E-state index contributed by atoms with van der Waals surface area (Å²) < 4.78 is 26.1. The fourth-order valence-electron chi connectivity index (χ4n) is 3.53. The molecule has 3 nitrogen and oxygen atoms in total. The van der Waals surface area contributed by atoms with Gasteiger partial charge in [-0.1, -0.05) is 6.42 Å². The van der Waals surface area contributed by atoms with Crippen molar-refractivity contribution in [2.45, 2.75) is 37.6 Å². The van der Waals surface area contributed by atoms with E-state index in [1.807, 2.05) is 0 Å². The number of fused-ring (bicyclic) bond motifs is 1. The van der Waals surface area contributed by atoms with Crippen LogP contribution in [-0.4, -0.2) is 42.4 Å². The van der Waals surface area contributed by atoms with Gasteiger partial charge in [-0.3, -0.25) is 10.1 Å². The second-order valence-electron chi connectivity index (χ2n) is 5.69. The van der Waals surface area contributed by atoms with Crippen molar-refractivity contribution >= 4 is 5.91 Å². The molecule has 3 fully saturated rings. The van der Waals surface area contributed by atoms with Crippen molar-refractivity contribution in [2.75, 3.05) is 19.6 Å². The number of nitrogens with zero attached hydrogens (tertiary/aromatic N) is 1. The van der Waals surface area contributed by atoms with Gasteiger partial charge in [-0.25, -0.2) is 8.78 Å². The Morgan fingerprint density at radius 2 is 1.88 bits per heavy atom. The quantitative estimate of drug-likeness (QED) is 0.752. The van der Waals surface area contributed by atoms with Gasteiger partial charge in [0.25, 0.3) is 5.92 Å². The average molecular weight is 244 g/mol. The Kier molecular flexibility index (Phi) is 2.61. The zero-order chi connectivity index (χ0) is 12.0. The molecular formula is C12H18F2N2O. The van der Waals surface area contributed by atoms with Gasteiger partial charge < -0.3 is 4.90 Å². The normalized spacial score (nSPS) is 39.6. The fourth-order valence-corrected chi connectivity index (χ4v) is 3.53. The molecule has 2 heterocycles. The molecule has 3 atom stereocenters. The second-order valence-corrected chi connectivity index (χ2v) is 5.69. The van der Waals surface area contributed by atoms with Crippen LogP contribution in [0, 0.1) is 11.8 Å². The fraction of sp³-hybridized carbons (Fsp3) is 0.917. The van der Waals surface area contributed by atoms with Crippen LogP contribution in [-0.2, 0) is 4.79 Å². The summed E-state index contributed by atoms with van der Waals surface area (Å²) in [4.78, 5) is 13.9. The number of alkyl halides is 2. The molecule has 1 amide bonds. The van der Waals surface area contributed by atoms with E-state index in [0.717, 1.165) is 13.1 Å². The predicted molar refractivity (Wildman–Crippen MR) is 58.8 cm³/mol. The van der Waals surface area contributed by atoms with Crippen LogP contribution < -0.4 is 5.32 Å². The van der Waals surface area contributed by atoms with Gasteiger partial charge >= 0.3 is 0 Å². The van der Waals surface area contributed by atoms with Crippen LogP contribution in [0.3, 0.4) is 0 Å². The van der Waals surface area contributed by atoms with E-state index < -0.39 is 12.0 Å². The molecule has 1 N–H and O–H groups in total. The van der Waals surface area contributed by atoms with E-state index in [2.05, 4.69) is 5.32 Å². The van der Waals surface area contributed by atoms with Gasteiger partial charge in [-0.05, 0) is 24.7 Å². The maximum absolute atomic E-state index is 13.0. The molecule has 0 radical (unpaired) electrons. The van der Waals surface area contributed by atoms with E-state index in [1.165, 1.54) is 19.3 Å². The average Bonchev–Trinajstić information content (AvgIpc) is 2.89. The van der Waals surface area contributed by atoms with Gasteiger partial charge in [0.1, 0.15) is 0 Å². The van der Waals surface area contributed by atoms with Crippen LogP contribution in [0.1, 0.15) is 25.7 Å². The molecule has 3 aliphatic rings. The molecular weight excluding hydrogens is 226 g/mol. The van der Waals surface area contributed by atoms with Gasteiger partial charge in [-0.2, -0.15) is 0 Å². The summed E-state index contributed by atoms with van der Waals surface area (Å²) in [6, 6.07) is -0.663. The van der Waals surface area contributed by atoms with Gasteiger partial charge in [0.05, 0.1) is 12.6 Å². The van der Waals surface area contributed by atoms with Crippen LogP contribution in [0.5, 0.6) is 0 Å². The Morgan fingerprint density at radius 1 is 1.24 bits per heavy atom. The molecule has 0 spiro atoms. The number of nitrogens with one attached hydrogen (secondary N) is 1. The number of hydrogen-bond acceptors (Lipinski definition) is 2. The van der Waals surface area contributed by atoms with Gasteiger partial charge in [0.2, 0.25) is 5.91 Å². The largest absolute Gasteiger partial charge is 0.341 e. The topological polar surface area (TPSA) is 32.3 Å². The van der Waals surface area contributed by atoms with Crippen LogP contribution in [0.25, 0.3) is 0 Å². The van der Waals surface area contributed by atoms with Crippen LogP contribution in [0.15, 0.2) is 0 Å². The molecule has 1 saturated carbocycles. The Balaban J connectivity index is 1.61. The Bertz CT molecular complexity index is 322. The number of likely N-dealkylation sites (tertiary alicyclic amines) is 1. The van der Waals surface area contributed by atoms with Crippen LogP contribution >= 0.6 is 0 Å². The van der Waals surface area contributed by atoms with Crippen molar-refractivity contribution in [1.29, 1.82) is 0 Å².